The molecule has 1 rings (SSSR count). The van der Waals surface area contributed by atoms with Gasteiger partial charge in [-0.15, -0.1) is 0 Å². The van der Waals surface area contributed by atoms with E-state index in [2.05, 4.69) is 22.6 Å². The van der Waals surface area contributed by atoms with Gasteiger partial charge in [0.05, 0.1) is 0 Å². The molecule has 1 fully saturated rings. The number of cyclic esters (lactones) is 2. The Morgan fingerprint density at radius 2 is 2.11 bits per heavy atom. The van der Waals surface area contributed by atoms with Gasteiger partial charge in [-0.3, -0.25) is 0 Å². The molecule has 1 atom stereocenters. The Balaban J connectivity index is 2.02. The topological polar surface area (TPSA) is 80.3 Å². The number of carbonyl (C=O) groups is 2. The van der Waals surface area contributed by atoms with Crippen molar-refractivity contribution in [2.75, 3.05) is 26.4 Å². The first kappa shape index (κ1) is 13.9. The molecule has 1 saturated heterocycles. The summed E-state index contributed by atoms with van der Waals surface area (Å²) in [5, 5.41) is 0. The molecule has 0 aromatic rings. The number of rotatable bonds is 8. The fraction of sp³-hybridized carbons (Fsp3) is 0.455. The molecule has 1 aliphatic rings. The van der Waals surface area contributed by atoms with Crippen LogP contribution in [-0.2, 0) is 28.5 Å². The average Bonchev–Trinajstić information content (AvgIpc) is 2.77. The Morgan fingerprint density at radius 1 is 1.39 bits per heavy atom. The van der Waals surface area contributed by atoms with Crippen molar-refractivity contribution in [2.24, 2.45) is 0 Å². The lowest BCUT2D eigenvalue weighted by molar-refractivity contribution is -0.139. The largest absolute Gasteiger partial charge is 0.508 e. The van der Waals surface area contributed by atoms with Crippen molar-refractivity contribution in [2.45, 2.75) is 6.10 Å². The van der Waals surface area contributed by atoms with Crippen LogP contribution in [0.1, 0.15) is 0 Å². The van der Waals surface area contributed by atoms with Crippen LogP contribution in [0.3, 0.4) is 0 Å². The molecule has 0 radical (unpaired) electrons. The minimum Gasteiger partial charge on any atom is -0.462 e. The first-order chi connectivity index (χ1) is 8.61. The van der Waals surface area contributed by atoms with Crippen LogP contribution in [0, 0.1) is 0 Å². The van der Waals surface area contributed by atoms with Gasteiger partial charge >= 0.3 is 12.1 Å². The summed E-state index contributed by atoms with van der Waals surface area (Å²) in [7, 11) is 0. The SMILES string of the molecule is C=CC(=O)OCCOC(=C)OCC1COC(=O)O1. The molecule has 0 N–H and O–H groups in total. The van der Waals surface area contributed by atoms with Gasteiger partial charge < -0.3 is 23.7 Å². The van der Waals surface area contributed by atoms with E-state index < -0.39 is 18.2 Å². The normalized spacial score (nSPS) is 17.3. The van der Waals surface area contributed by atoms with E-state index in [1.54, 1.807) is 0 Å². The first-order valence-corrected chi connectivity index (χ1v) is 5.19. The van der Waals surface area contributed by atoms with Crippen LogP contribution in [0.5, 0.6) is 0 Å². The maximum atomic E-state index is 10.7. The summed E-state index contributed by atoms with van der Waals surface area (Å²) in [6, 6.07) is 0. The predicted octanol–water partition coefficient (Wildman–Crippen LogP) is 0.755. The van der Waals surface area contributed by atoms with E-state index in [1.165, 1.54) is 0 Å². The lowest BCUT2D eigenvalue weighted by Crippen LogP contribution is -2.18. The second-order valence-electron chi connectivity index (χ2n) is 3.20. The maximum absolute atomic E-state index is 10.7. The molecule has 100 valence electrons. The van der Waals surface area contributed by atoms with Gasteiger partial charge in [0.25, 0.3) is 5.95 Å². The highest BCUT2D eigenvalue weighted by Gasteiger charge is 2.25. The van der Waals surface area contributed by atoms with Gasteiger partial charge in [0.15, 0.2) is 6.10 Å². The summed E-state index contributed by atoms with van der Waals surface area (Å²) < 4.78 is 24.0. The standard InChI is InChI=1S/C11H14O7/c1-3-10(12)15-5-4-14-8(2)16-6-9-7-17-11(13)18-9/h3,9H,1-2,4-7H2. The number of hydrogen-bond donors (Lipinski definition) is 0. The Kier molecular flexibility index (Phi) is 5.56. The third kappa shape index (κ3) is 5.24. The zero-order valence-corrected chi connectivity index (χ0v) is 9.76. The van der Waals surface area contributed by atoms with Crippen molar-refractivity contribution >= 4 is 12.1 Å². The smallest absolute Gasteiger partial charge is 0.462 e. The zero-order chi connectivity index (χ0) is 13.4. The van der Waals surface area contributed by atoms with E-state index in [0.29, 0.717) is 0 Å². The van der Waals surface area contributed by atoms with Gasteiger partial charge in [0.1, 0.15) is 26.4 Å². The van der Waals surface area contributed by atoms with Crippen LogP contribution in [0.15, 0.2) is 25.2 Å². The second kappa shape index (κ2) is 7.21. The molecule has 0 aromatic carbocycles. The molecule has 0 spiro atoms. The van der Waals surface area contributed by atoms with Crippen LogP contribution < -0.4 is 0 Å². The fourth-order valence-corrected chi connectivity index (χ4v) is 1.03. The number of carbonyl (C=O) groups excluding carboxylic acids is 2. The molecule has 0 saturated carbocycles. The van der Waals surface area contributed by atoms with Crippen molar-refractivity contribution in [1.82, 2.24) is 0 Å². The molecule has 18 heavy (non-hydrogen) atoms. The fourth-order valence-electron chi connectivity index (χ4n) is 1.03. The Labute approximate surface area is 104 Å². The molecule has 0 amide bonds. The lowest BCUT2D eigenvalue weighted by Gasteiger charge is -2.12. The van der Waals surface area contributed by atoms with E-state index in [9.17, 15) is 9.59 Å². The van der Waals surface area contributed by atoms with Gasteiger partial charge in [-0.1, -0.05) is 6.58 Å². The summed E-state index contributed by atoms with van der Waals surface area (Å²) >= 11 is 0. The van der Waals surface area contributed by atoms with Crippen molar-refractivity contribution in [3.05, 3.63) is 25.2 Å². The van der Waals surface area contributed by atoms with Crippen LogP contribution >= 0.6 is 0 Å². The highest BCUT2D eigenvalue weighted by molar-refractivity contribution is 5.81. The third-order valence-corrected chi connectivity index (χ3v) is 1.84. The second-order valence-corrected chi connectivity index (χ2v) is 3.20. The molecule has 7 nitrogen and oxygen atoms in total. The van der Waals surface area contributed by atoms with Gasteiger partial charge in [-0.05, 0) is 6.58 Å². The lowest BCUT2D eigenvalue weighted by atomic mass is 10.4. The molecule has 7 heteroatoms. The maximum Gasteiger partial charge on any atom is 0.508 e. The number of hydrogen-bond acceptors (Lipinski definition) is 7. The molecule has 1 unspecified atom stereocenters. The van der Waals surface area contributed by atoms with E-state index in [4.69, 9.17) is 14.2 Å². The van der Waals surface area contributed by atoms with E-state index >= 15 is 0 Å². The quantitative estimate of drug-likeness (QED) is 0.275. The highest BCUT2D eigenvalue weighted by Crippen LogP contribution is 2.08. The third-order valence-electron chi connectivity index (χ3n) is 1.84. The van der Waals surface area contributed by atoms with Crippen molar-refractivity contribution in [3.8, 4) is 0 Å². The molecular formula is C11H14O7. The van der Waals surface area contributed by atoms with Gasteiger partial charge in [0, 0.05) is 6.08 Å². The molecule has 1 heterocycles. The summed E-state index contributed by atoms with van der Waals surface area (Å²) in [6.45, 7) is 7.14. The molecule has 0 aromatic heterocycles. The Hall–Kier alpha value is -2.18. The van der Waals surface area contributed by atoms with Crippen molar-refractivity contribution < 1.29 is 33.3 Å². The van der Waals surface area contributed by atoms with Gasteiger partial charge in [-0.2, -0.15) is 0 Å². The summed E-state index contributed by atoms with van der Waals surface area (Å²) in [4.78, 5) is 21.3. The summed E-state index contributed by atoms with van der Waals surface area (Å²) in [5.41, 5.74) is 0. The number of esters is 1. The van der Waals surface area contributed by atoms with Crippen LogP contribution in [0.2, 0.25) is 0 Å². The molecule has 1 aliphatic heterocycles. The number of ether oxygens (including phenoxy) is 5. The van der Waals surface area contributed by atoms with E-state index in [-0.39, 0.29) is 32.4 Å². The highest BCUT2D eigenvalue weighted by atomic mass is 16.8. The van der Waals surface area contributed by atoms with Crippen LogP contribution in [0.4, 0.5) is 4.79 Å². The minimum atomic E-state index is -0.716. The molecule has 0 aliphatic carbocycles. The van der Waals surface area contributed by atoms with E-state index in [1.807, 2.05) is 0 Å². The molecular weight excluding hydrogens is 244 g/mol. The van der Waals surface area contributed by atoms with Gasteiger partial charge in [-0.25, -0.2) is 9.59 Å². The first-order valence-electron chi connectivity index (χ1n) is 5.19. The Bertz CT molecular complexity index is 336. The Morgan fingerprint density at radius 3 is 2.72 bits per heavy atom. The van der Waals surface area contributed by atoms with Crippen molar-refractivity contribution in [1.29, 1.82) is 0 Å². The summed E-state index contributed by atoms with van der Waals surface area (Å²) in [5.74, 6) is -0.479. The summed E-state index contributed by atoms with van der Waals surface area (Å²) in [6.07, 6.45) is -0.123. The monoisotopic (exact) mass is 258 g/mol. The van der Waals surface area contributed by atoms with Crippen molar-refractivity contribution in [3.63, 3.8) is 0 Å². The zero-order valence-electron chi connectivity index (χ0n) is 9.76. The average molecular weight is 258 g/mol. The van der Waals surface area contributed by atoms with Gasteiger partial charge in [0.2, 0.25) is 0 Å². The molecule has 0 bridgehead atoms. The van der Waals surface area contributed by atoms with Crippen LogP contribution in [0.25, 0.3) is 0 Å². The van der Waals surface area contributed by atoms with Crippen LogP contribution in [-0.4, -0.2) is 44.7 Å². The minimum absolute atomic E-state index is 0.0487. The predicted molar refractivity (Wildman–Crippen MR) is 58.4 cm³/mol. The van der Waals surface area contributed by atoms with E-state index in [0.717, 1.165) is 6.08 Å².